The Morgan fingerprint density at radius 2 is 1.74 bits per heavy atom. The van der Waals surface area contributed by atoms with Gasteiger partial charge in [-0.1, -0.05) is 0 Å². The van der Waals surface area contributed by atoms with Crippen molar-refractivity contribution < 1.29 is 13.5 Å². The molecule has 0 spiro atoms. The zero-order chi connectivity index (χ0) is 16.2. The molecular weight excluding hydrogens is 315 g/mol. The minimum absolute atomic E-state index is 0.0278. The smallest absolute Gasteiger partial charge is 0.247 e. The Balaban J connectivity index is 1.73. The summed E-state index contributed by atoms with van der Waals surface area (Å²) in [6.45, 7) is 1.97. The molecule has 0 aliphatic rings. The second kappa shape index (κ2) is 6.83. The van der Waals surface area contributed by atoms with Gasteiger partial charge in [0.1, 0.15) is 11.6 Å². The molecule has 118 valence electrons. The van der Waals surface area contributed by atoms with Crippen LogP contribution in [0.15, 0.2) is 57.8 Å². The van der Waals surface area contributed by atoms with Gasteiger partial charge in [-0.3, -0.25) is 0 Å². The number of halogens is 1. The van der Waals surface area contributed by atoms with E-state index in [4.69, 9.17) is 9.15 Å². The summed E-state index contributed by atoms with van der Waals surface area (Å²) in [7, 11) is 1.62. The molecular formula is C17H15FN2O2S. The summed E-state index contributed by atoms with van der Waals surface area (Å²) in [6, 6.07) is 13.8. The van der Waals surface area contributed by atoms with Crippen LogP contribution in [0, 0.1) is 5.82 Å². The topological polar surface area (TPSA) is 48.2 Å². The summed E-state index contributed by atoms with van der Waals surface area (Å²) in [6.07, 6.45) is 0. The van der Waals surface area contributed by atoms with E-state index in [0.717, 1.165) is 16.2 Å². The molecule has 3 aromatic rings. The molecule has 0 fully saturated rings. The number of benzene rings is 2. The summed E-state index contributed by atoms with van der Waals surface area (Å²) < 4.78 is 23.8. The summed E-state index contributed by atoms with van der Waals surface area (Å²) in [5.74, 6) is 1.52. The van der Waals surface area contributed by atoms with Crippen LogP contribution in [-0.2, 0) is 0 Å². The van der Waals surface area contributed by atoms with Gasteiger partial charge in [-0.05, 0) is 55.5 Å². The summed E-state index contributed by atoms with van der Waals surface area (Å²) in [5.41, 5.74) is 0.837. The van der Waals surface area contributed by atoms with Crippen molar-refractivity contribution in [2.45, 2.75) is 17.1 Å². The standard InChI is InChI=1S/C17H15FN2O2S/c1-11(23-15-9-5-13(18)6-10-15)16-19-20-17(22-16)12-3-7-14(21-2)8-4-12/h3-11H,1-2H3/t11-/m1/s1. The van der Waals surface area contributed by atoms with E-state index in [1.807, 2.05) is 31.2 Å². The van der Waals surface area contributed by atoms with Gasteiger partial charge in [-0.25, -0.2) is 4.39 Å². The highest BCUT2D eigenvalue weighted by molar-refractivity contribution is 7.99. The van der Waals surface area contributed by atoms with Crippen molar-refractivity contribution in [1.82, 2.24) is 10.2 Å². The Labute approximate surface area is 137 Å². The highest BCUT2D eigenvalue weighted by Crippen LogP contribution is 2.35. The fraction of sp³-hybridized carbons (Fsp3) is 0.176. The van der Waals surface area contributed by atoms with Crippen molar-refractivity contribution in [3.63, 3.8) is 0 Å². The van der Waals surface area contributed by atoms with E-state index in [1.54, 1.807) is 19.2 Å². The van der Waals surface area contributed by atoms with Gasteiger partial charge in [0.15, 0.2) is 0 Å². The van der Waals surface area contributed by atoms with Gasteiger partial charge in [-0.15, -0.1) is 22.0 Å². The van der Waals surface area contributed by atoms with E-state index in [9.17, 15) is 4.39 Å². The largest absolute Gasteiger partial charge is 0.497 e. The molecule has 1 atom stereocenters. The monoisotopic (exact) mass is 330 g/mol. The number of nitrogens with zero attached hydrogens (tertiary/aromatic N) is 2. The first kappa shape index (κ1) is 15.6. The molecule has 1 aromatic heterocycles. The van der Waals surface area contributed by atoms with Crippen LogP contribution in [0.3, 0.4) is 0 Å². The SMILES string of the molecule is COc1ccc(-c2nnc([C@@H](C)Sc3ccc(F)cc3)o2)cc1. The average molecular weight is 330 g/mol. The minimum Gasteiger partial charge on any atom is -0.497 e. The van der Waals surface area contributed by atoms with Gasteiger partial charge in [0, 0.05) is 10.5 Å². The van der Waals surface area contributed by atoms with Gasteiger partial charge >= 0.3 is 0 Å². The minimum atomic E-state index is -0.249. The average Bonchev–Trinajstić information content (AvgIpc) is 3.07. The fourth-order valence-electron chi connectivity index (χ4n) is 2.02. The molecule has 0 saturated carbocycles. The van der Waals surface area contributed by atoms with Crippen molar-refractivity contribution in [3.8, 4) is 17.2 Å². The molecule has 0 amide bonds. The fourth-order valence-corrected chi connectivity index (χ4v) is 2.91. The molecule has 6 heteroatoms. The molecule has 0 aliphatic carbocycles. The molecule has 2 aromatic carbocycles. The molecule has 0 saturated heterocycles. The molecule has 4 nitrogen and oxygen atoms in total. The van der Waals surface area contributed by atoms with Crippen LogP contribution < -0.4 is 4.74 Å². The molecule has 0 unspecified atom stereocenters. The summed E-state index contributed by atoms with van der Waals surface area (Å²) in [5, 5.41) is 8.17. The molecule has 0 bridgehead atoms. The van der Waals surface area contributed by atoms with E-state index < -0.39 is 0 Å². The number of hydrogen-bond acceptors (Lipinski definition) is 5. The Bertz CT molecular complexity index is 772. The van der Waals surface area contributed by atoms with Crippen molar-refractivity contribution in [2.24, 2.45) is 0 Å². The van der Waals surface area contributed by atoms with Crippen LogP contribution in [-0.4, -0.2) is 17.3 Å². The van der Waals surface area contributed by atoms with E-state index >= 15 is 0 Å². The third-order valence-electron chi connectivity index (χ3n) is 3.25. The van der Waals surface area contributed by atoms with Gasteiger partial charge < -0.3 is 9.15 Å². The zero-order valence-electron chi connectivity index (χ0n) is 12.7. The van der Waals surface area contributed by atoms with Crippen molar-refractivity contribution in [2.75, 3.05) is 7.11 Å². The number of hydrogen-bond donors (Lipinski definition) is 0. The van der Waals surface area contributed by atoms with Gasteiger partial charge in [0.2, 0.25) is 11.8 Å². The van der Waals surface area contributed by atoms with Gasteiger partial charge in [0.25, 0.3) is 0 Å². The van der Waals surface area contributed by atoms with Crippen LogP contribution in [0.25, 0.3) is 11.5 Å². The maximum atomic E-state index is 12.9. The third-order valence-corrected chi connectivity index (χ3v) is 4.35. The predicted octanol–water partition coefficient (Wildman–Crippen LogP) is 4.74. The molecule has 23 heavy (non-hydrogen) atoms. The number of methoxy groups -OCH3 is 1. The van der Waals surface area contributed by atoms with E-state index in [2.05, 4.69) is 10.2 Å². The number of thioether (sulfide) groups is 1. The number of aromatic nitrogens is 2. The maximum Gasteiger partial charge on any atom is 0.247 e. The predicted molar refractivity (Wildman–Crippen MR) is 87.0 cm³/mol. The number of rotatable bonds is 5. The maximum absolute atomic E-state index is 12.9. The third kappa shape index (κ3) is 3.71. The first-order chi connectivity index (χ1) is 11.2. The van der Waals surface area contributed by atoms with Crippen LogP contribution in [0.4, 0.5) is 4.39 Å². The molecule has 1 heterocycles. The second-order valence-corrected chi connectivity index (χ2v) is 6.30. The van der Waals surface area contributed by atoms with E-state index in [1.165, 1.54) is 23.9 Å². The van der Waals surface area contributed by atoms with Crippen molar-refractivity contribution >= 4 is 11.8 Å². The quantitative estimate of drug-likeness (QED) is 0.633. The van der Waals surface area contributed by atoms with Crippen molar-refractivity contribution in [1.29, 1.82) is 0 Å². The first-order valence-electron chi connectivity index (χ1n) is 7.06. The normalized spacial score (nSPS) is 12.1. The lowest BCUT2D eigenvalue weighted by atomic mass is 10.2. The molecule has 0 radical (unpaired) electrons. The summed E-state index contributed by atoms with van der Waals surface area (Å²) in [4.78, 5) is 0.947. The Hall–Kier alpha value is -2.34. The van der Waals surface area contributed by atoms with Crippen LogP contribution in [0.1, 0.15) is 18.1 Å². The summed E-state index contributed by atoms with van der Waals surface area (Å²) >= 11 is 1.54. The van der Waals surface area contributed by atoms with Crippen molar-refractivity contribution in [3.05, 3.63) is 60.2 Å². The molecule has 0 N–H and O–H groups in total. The number of ether oxygens (including phenoxy) is 1. The Morgan fingerprint density at radius 3 is 2.39 bits per heavy atom. The Morgan fingerprint density at radius 1 is 1.04 bits per heavy atom. The van der Waals surface area contributed by atoms with Crippen LogP contribution in [0.2, 0.25) is 0 Å². The molecule has 3 rings (SSSR count). The van der Waals surface area contributed by atoms with Gasteiger partial charge in [-0.2, -0.15) is 0 Å². The van der Waals surface area contributed by atoms with Crippen LogP contribution >= 0.6 is 11.8 Å². The van der Waals surface area contributed by atoms with Crippen LogP contribution in [0.5, 0.6) is 5.75 Å². The second-order valence-electron chi connectivity index (χ2n) is 4.89. The zero-order valence-corrected chi connectivity index (χ0v) is 13.5. The van der Waals surface area contributed by atoms with E-state index in [-0.39, 0.29) is 11.1 Å². The molecule has 0 aliphatic heterocycles. The first-order valence-corrected chi connectivity index (χ1v) is 7.94. The highest BCUT2D eigenvalue weighted by Gasteiger charge is 2.16. The lowest BCUT2D eigenvalue weighted by Gasteiger charge is -2.06. The lowest BCUT2D eigenvalue weighted by molar-refractivity contribution is 0.415. The lowest BCUT2D eigenvalue weighted by Crippen LogP contribution is -1.88. The Kier molecular flexibility index (Phi) is 4.62. The van der Waals surface area contributed by atoms with E-state index in [0.29, 0.717) is 11.8 Å². The van der Waals surface area contributed by atoms with Gasteiger partial charge in [0.05, 0.1) is 12.4 Å². The highest BCUT2D eigenvalue weighted by atomic mass is 32.2.